The number of benzene rings is 3. The van der Waals surface area contributed by atoms with E-state index >= 15 is 0 Å². The Hall–Kier alpha value is -3.93. The minimum absolute atomic E-state index is 0.196. The average molecular weight is 383 g/mol. The van der Waals surface area contributed by atoms with Crippen LogP contribution in [0.25, 0.3) is 38.8 Å². The summed E-state index contributed by atoms with van der Waals surface area (Å²) in [7, 11) is 0. The predicted octanol–water partition coefficient (Wildman–Crippen LogP) is 5.11. The van der Waals surface area contributed by atoms with Gasteiger partial charge in [-0.2, -0.15) is 5.10 Å². The van der Waals surface area contributed by atoms with Crippen molar-refractivity contribution in [3.63, 3.8) is 0 Å². The van der Waals surface area contributed by atoms with Crippen molar-refractivity contribution in [2.75, 3.05) is 6.79 Å². The second kappa shape index (κ2) is 6.04. The molecule has 0 saturated carbocycles. The first-order valence-corrected chi connectivity index (χ1v) is 9.20. The Bertz CT molecular complexity index is 1380. The van der Waals surface area contributed by atoms with Gasteiger partial charge in [0.25, 0.3) is 0 Å². The Morgan fingerprint density at radius 1 is 0.862 bits per heavy atom. The van der Waals surface area contributed by atoms with Crippen molar-refractivity contribution in [1.82, 2.24) is 14.8 Å². The molecule has 6 heteroatoms. The van der Waals surface area contributed by atoms with Crippen LogP contribution in [0.1, 0.15) is 0 Å². The lowest BCUT2D eigenvalue weighted by Crippen LogP contribution is -1.97. The van der Waals surface area contributed by atoms with Gasteiger partial charge in [0.1, 0.15) is 11.5 Å². The molecule has 140 valence electrons. The number of ether oxygens (including phenoxy) is 2. The maximum Gasteiger partial charge on any atom is 0.231 e. The molecule has 6 rings (SSSR count). The third-order valence-corrected chi connectivity index (χ3v) is 5.12. The second-order valence-corrected chi connectivity index (χ2v) is 6.85. The fourth-order valence-electron chi connectivity index (χ4n) is 3.75. The van der Waals surface area contributed by atoms with Crippen LogP contribution < -0.4 is 9.47 Å². The molecule has 2 aromatic heterocycles. The summed E-state index contributed by atoms with van der Waals surface area (Å²) >= 11 is 0. The molecule has 0 spiro atoms. The topological polar surface area (TPSA) is 49.2 Å². The number of halogens is 1. The molecule has 0 saturated heterocycles. The first-order valence-electron chi connectivity index (χ1n) is 9.20. The summed E-state index contributed by atoms with van der Waals surface area (Å²) < 4.78 is 26.4. The van der Waals surface area contributed by atoms with Crippen molar-refractivity contribution in [3.8, 4) is 28.4 Å². The van der Waals surface area contributed by atoms with E-state index in [0.29, 0.717) is 11.5 Å². The van der Waals surface area contributed by atoms with Crippen LogP contribution in [-0.2, 0) is 0 Å². The standard InChI is InChI=1S/C23H14FN3O2/c24-15-6-8-16(9-7-15)27-23-17-10-20-21(29-13-28-20)11-19(17)25-12-18(23)22(26-27)14-4-2-1-3-5-14/h1-12H,13H2. The highest BCUT2D eigenvalue weighted by atomic mass is 19.1. The Labute approximate surface area is 164 Å². The van der Waals surface area contributed by atoms with Gasteiger partial charge in [-0.25, -0.2) is 9.07 Å². The lowest BCUT2D eigenvalue weighted by atomic mass is 10.1. The molecule has 5 nitrogen and oxygen atoms in total. The normalized spacial score (nSPS) is 12.7. The van der Waals surface area contributed by atoms with Gasteiger partial charge in [-0.05, 0) is 30.3 Å². The third-order valence-electron chi connectivity index (χ3n) is 5.12. The van der Waals surface area contributed by atoms with Gasteiger partial charge >= 0.3 is 0 Å². The minimum Gasteiger partial charge on any atom is -0.454 e. The number of hydrogen-bond donors (Lipinski definition) is 0. The van der Waals surface area contributed by atoms with E-state index in [1.54, 1.807) is 12.1 Å². The Kier molecular flexibility index (Phi) is 3.34. The van der Waals surface area contributed by atoms with Crippen LogP contribution in [0, 0.1) is 5.82 Å². The molecule has 0 N–H and O–H groups in total. The summed E-state index contributed by atoms with van der Waals surface area (Å²) in [4.78, 5) is 4.65. The van der Waals surface area contributed by atoms with Crippen LogP contribution in [0.3, 0.4) is 0 Å². The largest absolute Gasteiger partial charge is 0.454 e. The Morgan fingerprint density at radius 2 is 1.62 bits per heavy atom. The summed E-state index contributed by atoms with van der Waals surface area (Å²) in [6, 6.07) is 20.1. The molecule has 0 bridgehead atoms. The van der Waals surface area contributed by atoms with Crippen LogP contribution in [0.15, 0.2) is 72.9 Å². The maximum absolute atomic E-state index is 13.5. The van der Waals surface area contributed by atoms with Crippen LogP contribution in [0.5, 0.6) is 11.5 Å². The molecular weight excluding hydrogens is 369 g/mol. The maximum atomic E-state index is 13.5. The molecule has 5 aromatic rings. The van der Waals surface area contributed by atoms with E-state index in [9.17, 15) is 4.39 Å². The van der Waals surface area contributed by atoms with Crippen molar-refractivity contribution < 1.29 is 13.9 Å². The highest BCUT2D eigenvalue weighted by molar-refractivity contribution is 6.09. The molecule has 1 aliphatic heterocycles. The van der Waals surface area contributed by atoms with Crippen molar-refractivity contribution >= 4 is 21.8 Å². The van der Waals surface area contributed by atoms with Gasteiger partial charge in [0, 0.05) is 28.6 Å². The summed E-state index contributed by atoms with van der Waals surface area (Å²) in [5, 5.41) is 6.69. The molecule has 1 aliphatic rings. The quantitative estimate of drug-likeness (QED) is 0.425. The minimum atomic E-state index is -0.289. The van der Waals surface area contributed by atoms with E-state index in [4.69, 9.17) is 14.6 Å². The van der Waals surface area contributed by atoms with Crippen molar-refractivity contribution in [3.05, 3.63) is 78.7 Å². The lowest BCUT2D eigenvalue weighted by molar-refractivity contribution is 0.174. The number of hydrogen-bond acceptors (Lipinski definition) is 4. The van der Waals surface area contributed by atoms with E-state index in [0.717, 1.165) is 38.8 Å². The SMILES string of the molecule is Fc1ccc(-n2nc(-c3ccccc3)c3cnc4cc5c(cc4c32)OCO5)cc1. The molecule has 3 aromatic carbocycles. The van der Waals surface area contributed by atoms with E-state index in [1.807, 2.05) is 53.3 Å². The van der Waals surface area contributed by atoms with Gasteiger partial charge < -0.3 is 9.47 Å². The zero-order chi connectivity index (χ0) is 19.4. The monoisotopic (exact) mass is 383 g/mol. The first kappa shape index (κ1) is 16.1. The highest BCUT2D eigenvalue weighted by Crippen LogP contribution is 2.40. The van der Waals surface area contributed by atoms with Crippen molar-refractivity contribution in [2.45, 2.75) is 0 Å². The number of aromatic nitrogens is 3. The highest BCUT2D eigenvalue weighted by Gasteiger charge is 2.21. The van der Waals surface area contributed by atoms with Gasteiger partial charge in [0.15, 0.2) is 11.5 Å². The van der Waals surface area contributed by atoms with Crippen LogP contribution in [0.2, 0.25) is 0 Å². The molecule has 3 heterocycles. The van der Waals surface area contributed by atoms with Crippen molar-refractivity contribution in [2.24, 2.45) is 0 Å². The molecule has 29 heavy (non-hydrogen) atoms. The number of rotatable bonds is 2. The molecule has 0 atom stereocenters. The fourth-order valence-corrected chi connectivity index (χ4v) is 3.75. The lowest BCUT2D eigenvalue weighted by Gasteiger charge is -2.07. The molecule has 0 aliphatic carbocycles. The zero-order valence-corrected chi connectivity index (χ0v) is 15.2. The first-order chi connectivity index (χ1) is 14.3. The molecule has 0 unspecified atom stereocenters. The molecule has 0 fully saturated rings. The van der Waals surface area contributed by atoms with Gasteiger partial charge in [-0.1, -0.05) is 30.3 Å². The molecular formula is C23H14FN3O2. The van der Waals surface area contributed by atoms with E-state index in [2.05, 4.69) is 4.98 Å². The van der Waals surface area contributed by atoms with E-state index in [1.165, 1.54) is 12.1 Å². The zero-order valence-electron chi connectivity index (χ0n) is 15.2. The van der Waals surface area contributed by atoms with E-state index < -0.39 is 0 Å². The van der Waals surface area contributed by atoms with Gasteiger partial charge in [0.2, 0.25) is 6.79 Å². The molecule has 0 amide bonds. The van der Waals surface area contributed by atoms with Gasteiger partial charge in [0.05, 0.1) is 16.7 Å². The number of fused-ring (bicyclic) bond motifs is 4. The fraction of sp³-hybridized carbons (Fsp3) is 0.0435. The van der Waals surface area contributed by atoms with Gasteiger partial charge in [-0.3, -0.25) is 4.98 Å². The van der Waals surface area contributed by atoms with E-state index in [-0.39, 0.29) is 12.6 Å². The Morgan fingerprint density at radius 3 is 2.41 bits per heavy atom. The summed E-state index contributed by atoms with van der Waals surface area (Å²) in [5.74, 6) is 1.07. The average Bonchev–Trinajstić information content (AvgIpc) is 3.37. The third kappa shape index (κ3) is 2.46. The smallest absolute Gasteiger partial charge is 0.231 e. The second-order valence-electron chi connectivity index (χ2n) is 6.85. The summed E-state index contributed by atoms with van der Waals surface area (Å²) in [6.45, 7) is 0.196. The summed E-state index contributed by atoms with van der Waals surface area (Å²) in [5.41, 5.74) is 4.24. The Balaban J connectivity index is 1.73. The number of pyridine rings is 1. The van der Waals surface area contributed by atoms with Crippen molar-refractivity contribution in [1.29, 1.82) is 0 Å². The van der Waals surface area contributed by atoms with Crippen LogP contribution in [0.4, 0.5) is 4.39 Å². The summed E-state index contributed by atoms with van der Waals surface area (Å²) in [6.07, 6.45) is 1.83. The number of nitrogens with zero attached hydrogens (tertiary/aromatic N) is 3. The van der Waals surface area contributed by atoms with Crippen LogP contribution in [-0.4, -0.2) is 21.6 Å². The predicted molar refractivity (Wildman–Crippen MR) is 108 cm³/mol. The molecule has 0 radical (unpaired) electrons. The van der Waals surface area contributed by atoms with Gasteiger partial charge in [-0.15, -0.1) is 0 Å². The van der Waals surface area contributed by atoms with Crippen LogP contribution >= 0.6 is 0 Å².